The van der Waals surface area contributed by atoms with Crippen LogP contribution >= 0.6 is 0 Å². The van der Waals surface area contributed by atoms with Crippen LogP contribution in [0.25, 0.3) is 0 Å². The van der Waals surface area contributed by atoms with Crippen molar-refractivity contribution in [3.8, 4) is 0 Å². The first-order valence-corrected chi connectivity index (χ1v) is 12.6. The zero-order valence-electron chi connectivity index (χ0n) is 12.2. The maximum Gasteiger partial charge on any atom is 0.336 e. The molecule has 0 aromatic heterocycles. The van der Waals surface area contributed by atoms with Crippen molar-refractivity contribution in [1.29, 1.82) is 0 Å². The average molecular weight is 276 g/mol. The van der Waals surface area contributed by atoms with Gasteiger partial charge in [0.05, 0.1) is 0 Å². The van der Waals surface area contributed by atoms with Crippen molar-refractivity contribution in [3.63, 3.8) is 0 Å². The molecule has 0 aromatic carbocycles. The van der Waals surface area contributed by atoms with Crippen molar-refractivity contribution in [1.82, 2.24) is 4.57 Å². The minimum atomic E-state index is -1.90. The van der Waals surface area contributed by atoms with Gasteiger partial charge in [0, 0.05) is 19.3 Å². The van der Waals surface area contributed by atoms with Crippen LogP contribution in [0.4, 0.5) is 0 Å². The Morgan fingerprint density at radius 3 is 2.18 bits per heavy atom. The van der Waals surface area contributed by atoms with Gasteiger partial charge in [-0.25, -0.2) is 0 Å². The smallest absolute Gasteiger partial charge is 0.336 e. The molecule has 1 fully saturated rings. The van der Waals surface area contributed by atoms with Gasteiger partial charge < -0.3 is 13.4 Å². The molecule has 1 saturated heterocycles. The monoisotopic (exact) mass is 275 g/mol. The molecule has 1 aliphatic rings. The molecule has 0 radical (unpaired) electrons. The van der Waals surface area contributed by atoms with E-state index in [4.69, 9.17) is 8.85 Å². The second-order valence-electron chi connectivity index (χ2n) is 5.65. The summed E-state index contributed by atoms with van der Waals surface area (Å²) in [4.78, 5) is 0. The number of nitrogens with zero attached hydrogens (tertiary/aromatic N) is 1. The van der Waals surface area contributed by atoms with Crippen LogP contribution in [0, 0.1) is 0 Å². The molecule has 0 bridgehead atoms. The molecule has 1 aliphatic heterocycles. The lowest BCUT2D eigenvalue weighted by Gasteiger charge is -2.33. The quantitative estimate of drug-likeness (QED) is 0.667. The topological polar surface area (TPSA) is 21.7 Å². The van der Waals surface area contributed by atoms with E-state index in [1.165, 1.54) is 25.6 Å². The van der Waals surface area contributed by atoms with Crippen molar-refractivity contribution < 1.29 is 8.85 Å². The van der Waals surface area contributed by atoms with E-state index in [1.807, 2.05) is 0 Å². The maximum atomic E-state index is 5.90. The zero-order chi connectivity index (χ0) is 12.9. The lowest BCUT2D eigenvalue weighted by Crippen LogP contribution is -2.48. The predicted molar refractivity (Wildman–Crippen MR) is 78.2 cm³/mol. The molecule has 0 aliphatic carbocycles. The fourth-order valence-electron chi connectivity index (χ4n) is 2.71. The molecule has 0 N–H and O–H groups in total. The van der Waals surface area contributed by atoms with Crippen LogP contribution in [0.2, 0.25) is 31.7 Å². The molecule has 0 aromatic rings. The Balaban J connectivity index is 2.46. The molecule has 0 amide bonds. The van der Waals surface area contributed by atoms with E-state index in [9.17, 15) is 0 Å². The minimum absolute atomic E-state index is 0.781. The average Bonchev–Trinajstić information content (AvgIpc) is 2.56. The van der Waals surface area contributed by atoms with Crippen LogP contribution in [0.3, 0.4) is 0 Å². The molecule has 1 rings (SSSR count). The van der Waals surface area contributed by atoms with E-state index in [1.54, 1.807) is 0 Å². The normalized spacial score (nSPS) is 21.0. The zero-order valence-corrected chi connectivity index (χ0v) is 14.2. The summed E-state index contributed by atoms with van der Waals surface area (Å²) in [7, 11) is -2.97. The highest BCUT2D eigenvalue weighted by atomic mass is 28.4. The van der Waals surface area contributed by atoms with Gasteiger partial charge in [0.25, 0.3) is 0 Å². The summed E-state index contributed by atoms with van der Waals surface area (Å²) in [6, 6.07) is 2.57. The van der Waals surface area contributed by atoms with Gasteiger partial charge in [0.1, 0.15) is 8.24 Å². The maximum absolute atomic E-state index is 5.90. The van der Waals surface area contributed by atoms with Crippen molar-refractivity contribution in [2.45, 2.75) is 52.0 Å². The Bertz CT molecular complexity index is 231. The molecule has 5 heteroatoms. The van der Waals surface area contributed by atoms with Crippen LogP contribution in [0.5, 0.6) is 0 Å². The van der Waals surface area contributed by atoms with E-state index in [0.29, 0.717) is 0 Å². The molecule has 102 valence electrons. The van der Waals surface area contributed by atoms with E-state index >= 15 is 0 Å². The molecule has 3 nitrogen and oxygen atoms in total. The Hall–Kier alpha value is 0.314. The number of rotatable bonds is 7. The highest BCUT2D eigenvalue weighted by molar-refractivity contribution is 6.75. The van der Waals surface area contributed by atoms with Crippen LogP contribution in [-0.2, 0) is 8.85 Å². The van der Waals surface area contributed by atoms with Gasteiger partial charge in [-0.1, -0.05) is 13.1 Å². The summed E-state index contributed by atoms with van der Waals surface area (Å²) in [5.41, 5.74) is 0. The van der Waals surface area contributed by atoms with E-state index < -0.39 is 16.8 Å². The standard InChI is InChI=1S/C12H29NO2Si2/c1-6-14-17(5,15-7-2)12-10-13-9-8-11-16(13,3)4/h6-12H2,1-5H3. The molecule has 1 heterocycles. The fourth-order valence-corrected chi connectivity index (χ4v) is 8.03. The summed E-state index contributed by atoms with van der Waals surface area (Å²) < 4.78 is 14.5. The number of hydrogen-bond donors (Lipinski definition) is 0. The van der Waals surface area contributed by atoms with Gasteiger partial charge >= 0.3 is 8.56 Å². The molecular formula is C12H29NO2Si2. The molecule has 0 spiro atoms. The van der Waals surface area contributed by atoms with Gasteiger partial charge in [0.15, 0.2) is 0 Å². The first kappa shape index (κ1) is 15.4. The van der Waals surface area contributed by atoms with Gasteiger partial charge in [-0.05, 0) is 45.9 Å². The Morgan fingerprint density at radius 2 is 1.76 bits per heavy atom. The minimum Gasteiger partial charge on any atom is -0.395 e. The highest BCUT2D eigenvalue weighted by Crippen LogP contribution is 2.27. The Kier molecular flexibility index (Phi) is 5.85. The largest absolute Gasteiger partial charge is 0.395 e. The SMILES string of the molecule is CCO[Si](C)(CCN1CCC[Si]1(C)C)OCC. The second kappa shape index (κ2) is 6.47. The highest BCUT2D eigenvalue weighted by Gasteiger charge is 2.37. The summed E-state index contributed by atoms with van der Waals surface area (Å²) >= 11 is 0. The molecule has 0 atom stereocenters. The summed E-state index contributed by atoms with van der Waals surface area (Å²) in [5.74, 6) is 0. The number of hydrogen-bond acceptors (Lipinski definition) is 3. The lowest BCUT2D eigenvalue weighted by molar-refractivity contribution is 0.186. The first-order valence-electron chi connectivity index (χ1n) is 6.96. The lowest BCUT2D eigenvalue weighted by atomic mass is 10.5. The Morgan fingerprint density at radius 1 is 1.18 bits per heavy atom. The van der Waals surface area contributed by atoms with Gasteiger partial charge in [0.2, 0.25) is 0 Å². The molecule has 0 saturated carbocycles. The summed E-state index contributed by atoms with van der Waals surface area (Å²) in [5, 5.41) is 0. The van der Waals surface area contributed by atoms with Crippen molar-refractivity contribution in [2.24, 2.45) is 0 Å². The Labute approximate surface area is 109 Å². The van der Waals surface area contributed by atoms with Crippen molar-refractivity contribution in [3.05, 3.63) is 0 Å². The summed E-state index contributed by atoms with van der Waals surface area (Å²) in [6.45, 7) is 15.4. The van der Waals surface area contributed by atoms with Crippen LogP contribution in [0.1, 0.15) is 20.3 Å². The van der Waals surface area contributed by atoms with Crippen LogP contribution in [0.15, 0.2) is 0 Å². The van der Waals surface area contributed by atoms with Gasteiger partial charge in [-0.15, -0.1) is 0 Å². The molecule has 17 heavy (non-hydrogen) atoms. The first-order chi connectivity index (χ1) is 7.93. The van der Waals surface area contributed by atoms with Crippen molar-refractivity contribution >= 4 is 16.8 Å². The molecular weight excluding hydrogens is 246 g/mol. The summed E-state index contributed by atoms with van der Waals surface area (Å²) in [6.07, 6.45) is 1.39. The van der Waals surface area contributed by atoms with Gasteiger partial charge in [-0.2, -0.15) is 0 Å². The van der Waals surface area contributed by atoms with Gasteiger partial charge in [-0.3, -0.25) is 0 Å². The van der Waals surface area contributed by atoms with E-state index in [2.05, 4.69) is 38.1 Å². The van der Waals surface area contributed by atoms with Crippen LogP contribution < -0.4 is 0 Å². The van der Waals surface area contributed by atoms with E-state index in [0.717, 1.165) is 19.3 Å². The third-order valence-corrected chi connectivity index (χ3v) is 10.5. The molecule has 0 unspecified atom stereocenters. The third kappa shape index (κ3) is 4.48. The van der Waals surface area contributed by atoms with Crippen LogP contribution in [-0.4, -0.2) is 47.7 Å². The third-order valence-electron chi connectivity index (χ3n) is 3.81. The van der Waals surface area contributed by atoms with E-state index in [-0.39, 0.29) is 0 Å². The fraction of sp³-hybridized carbons (Fsp3) is 1.00. The second-order valence-corrected chi connectivity index (χ2v) is 13.8. The predicted octanol–water partition coefficient (Wildman–Crippen LogP) is 3.04. The van der Waals surface area contributed by atoms with Crippen molar-refractivity contribution in [2.75, 3.05) is 26.3 Å².